The van der Waals surface area contributed by atoms with E-state index in [1.165, 1.54) is 25.7 Å². The van der Waals surface area contributed by atoms with Gasteiger partial charge in [0.25, 0.3) is 0 Å². The molecule has 0 atom stereocenters. The van der Waals surface area contributed by atoms with E-state index in [1.807, 2.05) is 0 Å². The molecule has 80 valence electrons. The minimum absolute atomic E-state index is 0.0755. The Morgan fingerprint density at radius 3 is 1.69 bits per heavy atom. The molecule has 0 N–H and O–H groups in total. The molecule has 0 fully saturated rings. The van der Waals surface area contributed by atoms with Crippen LogP contribution in [0.2, 0.25) is 12.1 Å². The predicted octanol–water partition coefficient (Wildman–Crippen LogP) is 1.54. The van der Waals surface area contributed by atoms with Gasteiger partial charge in [0.1, 0.15) is 0 Å². The average Bonchev–Trinajstić information content (AvgIpc) is 2.16. The van der Waals surface area contributed by atoms with E-state index in [9.17, 15) is 0 Å². The second-order valence-corrected chi connectivity index (χ2v) is 21.2. The van der Waals surface area contributed by atoms with Crippen LogP contribution in [0, 0.1) is 0 Å². The van der Waals surface area contributed by atoms with Crippen LogP contribution in [0.1, 0.15) is 52.4 Å². The Bertz CT molecular complexity index is 86.2. The Balaban J connectivity index is 3.28. The molecule has 0 amide bonds. The fraction of sp³-hybridized carbons (Fsp3) is 1.00. The third-order valence-electron chi connectivity index (χ3n) is 3.01. The maximum atomic E-state index is 2.33. The van der Waals surface area contributed by atoms with E-state index in [2.05, 4.69) is 13.8 Å². The van der Waals surface area contributed by atoms with Crippen molar-refractivity contribution < 1.29 is 0 Å². The van der Waals surface area contributed by atoms with Gasteiger partial charge in [-0.05, 0) is 18.3 Å². The first-order chi connectivity index (χ1) is 6.35. The lowest BCUT2D eigenvalue weighted by molar-refractivity contribution is 0.750. The lowest BCUT2D eigenvalue weighted by atomic mass is 10.3. The van der Waals surface area contributed by atoms with Crippen LogP contribution in [0.25, 0.3) is 0 Å². The van der Waals surface area contributed by atoms with Crippen LogP contribution in [0.4, 0.5) is 0 Å². The summed E-state index contributed by atoms with van der Waals surface area (Å²) in [4.78, 5) is 0. The molecule has 0 aliphatic heterocycles. The van der Waals surface area contributed by atoms with Crippen molar-refractivity contribution in [3.05, 3.63) is 0 Å². The lowest BCUT2D eigenvalue weighted by Gasteiger charge is -2.11. The predicted molar refractivity (Wildman–Crippen MR) is 74.3 cm³/mol. The van der Waals surface area contributed by atoms with Crippen LogP contribution in [0.5, 0.6) is 0 Å². The topological polar surface area (TPSA) is 0 Å². The lowest BCUT2D eigenvalue weighted by Crippen LogP contribution is -2.22. The molecule has 0 saturated carbocycles. The van der Waals surface area contributed by atoms with Crippen molar-refractivity contribution in [1.82, 2.24) is 0 Å². The maximum Gasteiger partial charge on any atom is 0.0207 e. The second kappa shape index (κ2) is 10.7. The largest absolute Gasteiger partial charge is 0.0654 e. The average molecular weight is 233 g/mol. The highest BCUT2D eigenvalue weighted by Gasteiger charge is 2.06. The van der Waals surface area contributed by atoms with Crippen LogP contribution >= 0.6 is 0 Å². The van der Waals surface area contributed by atoms with Gasteiger partial charge in [0, 0.05) is 8.31 Å². The van der Waals surface area contributed by atoms with Crippen molar-refractivity contribution >= 4 is 26.6 Å². The highest BCUT2D eigenvalue weighted by Crippen LogP contribution is 2.10. The number of rotatable bonds is 9. The molecule has 0 aliphatic carbocycles. The van der Waals surface area contributed by atoms with Gasteiger partial charge in [-0.1, -0.05) is 64.5 Å². The summed E-state index contributed by atoms with van der Waals surface area (Å²) in [6.07, 6.45) is 9.00. The van der Waals surface area contributed by atoms with E-state index >= 15 is 0 Å². The maximum absolute atomic E-state index is 2.33. The molecule has 0 radical (unpaired) electrons. The van der Waals surface area contributed by atoms with Gasteiger partial charge in [0.2, 0.25) is 0 Å². The summed E-state index contributed by atoms with van der Waals surface area (Å²) in [7, 11) is 2.08. The second-order valence-electron chi connectivity index (χ2n) is 4.27. The third-order valence-corrected chi connectivity index (χ3v) is 22.9. The fourth-order valence-corrected chi connectivity index (χ4v) is 16.3. The summed E-state index contributed by atoms with van der Waals surface area (Å²) in [5.41, 5.74) is 0. The highest BCUT2D eigenvalue weighted by molar-refractivity contribution is 7.31. The van der Waals surface area contributed by atoms with Gasteiger partial charge in [-0.3, -0.25) is 0 Å². The molecule has 3 heteroatoms. The first-order valence-electron chi connectivity index (χ1n) is 6.35. The van der Waals surface area contributed by atoms with Crippen LogP contribution in [0.15, 0.2) is 0 Å². The molecule has 0 rings (SSSR count). The van der Waals surface area contributed by atoms with Gasteiger partial charge < -0.3 is 0 Å². The smallest absolute Gasteiger partial charge is 0.0207 e. The van der Waals surface area contributed by atoms with Gasteiger partial charge in [-0.2, -0.15) is 0 Å². The van der Waals surface area contributed by atoms with Crippen LogP contribution in [0.3, 0.4) is 0 Å². The van der Waals surface area contributed by atoms with Crippen LogP contribution < -0.4 is 0 Å². The summed E-state index contributed by atoms with van der Waals surface area (Å²) in [6, 6.07) is 3.43. The molecule has 0 unspecified atom stereocenters. The molecule has 0 nitrogen and oxygen atoms in total. The third kappa shape index (κ3) is 8.97. The summed E-state index contributed by atoms with van der Waals surface area (Å²) in [5.74, 6) is 0. The van der Waals surface area contributed by atoms with Gasteiger partial charge >= 0.3 is 0 Å². The van der Waals surface area contributed by atoms with Crippen molar-refractivity contribution in [2.75, 3.05) is 0 Å². The number of hydrogen-bond donors (Lipinski definition) is 0. The van der Waals surface area contributed by atoms with Crippen molar-refractivity contribution in [1.29, 1.82) is 0 Å². The van der Waals surface area contributed by atoms with Gasteiger partial charge in [0.15, 0.2) is 0 Å². The highest BCUT2D eigenvalue weighted by atomic mass is 29.5. The Labute approximate surface area is 91.3 Å². The molecule has 0 aromatic heterocycles. The zero-order chi connectivity index (χ0) is 9.94. The summed E-state index contributed by atoms with van der Waals surface area (Å²) >= 11 is 0. The molecule has 0 aromatic carbocycles. The summed E-state index contributed by atoms with van der Waals surface area (Å²) in [5, 5.41) is 0. The first kappa shape index (κ1) is 13.7. The van der Waals surface area contributed by atoms with E-state index in [4.69, 9.17) is 0 Å². The Kier molecular flexibility index (Phi) is 11.3. The van der Waals surface area contributed by atoms with Gasteiger partial charge in [-0.15, -0.1) is 0 Å². The van der Waals surface area contributed by atoms with Crippen molar-refractivity contribution in [2.24, 2.45) is 0 Å². The fourth-order valence-electron chi connectivity index (χ4n) is 1.92. The van der Waals surface area contributed by atoms with E-state index in [1.54, 1.807) is 34.7 Å². The summed E-state index contributed by atoms with van der Waals surface area (Å²) in [6.45, 7) is 4.65. The molecule has 0 aliphatic rings. The van der Waals surface area contributed by atoms with E-state index < -0.39 is 0 Å². The Hall–Kier alpha value is 0.651. The first-order valence-corrected chi connectivity index (χ1v) is 16.9. The normalized spacial score (nSPS) is 12.2. The van der Waals surface area contributed by atoms with Crippen molar-refractivity contribution in [2.45, 2.75) is 64.5 Å². The Morgan fingerprint density at radius 2 is 1.38 bits per heavy atom. The van der Waals surface area contributed by atoms with E-state index in [0.717, 1.165) is 0 Å². The van der Waals surface area contributed by atoms with Crippen LogP contribution in [-0.4, -0.2) is 26.6 Å². The molecule has 0 spiro atoms. The number of hydrogen-bond acceptors (Lipinski definition) is 0. The molecular weight excluding hydrogens is 204 g/mol. The van der Waals surface area contributed by atoms with Crippen LogP contribution in [-0.2, 0) is 0 Å². The SMILES string of the molecule is CCCCC[SiH](CCCCC)[SiH2][SiH3]. The molecular formula is C10H28Si3. The van der Waals surface area contributed by atoms with Crippen molar-refractivity contribution in [3.63, 3.8) is 0 Å². The molecule has 0 saturated heterocycles. The van der Waals surface area contributed by atoms with E-state index in [-0.39, 0.29) is 8.31 Å². The summed E-state index contributed by atoms with van der Waals surface area (Å²) < 4.78 is 0. The standard InChI is InChI=1S/C10H28Si3/c1-3-5-7-9-13(12-11)10-8-6-4-2/h13H,3-10,12H2,1-2,11H3. The Morgan fingerprint density at radius 1 is 0.923 bits per heavy atom. The molecule has 0 heterocycles. The molecule has 0 bridgehead atoms. The monoisotopic (exact) mass is 232 g/mol. The zero-order valence-electron chi connectivity index (χ0n) is 9.94. The number of unbranched alkanes of at least 4 members (excludes halogenated alkanes) is 4. The zero-order valence-corrected chi connectivity index (χ0v) is 14.5. The van der Waals surface area contributed by atoms with Gasteiger partial charge in [0.05, 0.1) is 0 Å². The minimum Gasteiger partial charge on any atom is -0.0654 e. The minimum atomic E-state index is -0.0755. The van der Waals surface area contributed by atoms with Crippen molar-refractivity contribution in [3.8, 4) is 0 Å². The molecule has 0 aromatic rings. The quantitative estimate of drug-likeness (QED) is 0.418. The van der Waals surface area contributed by atoms with Gasteiger partial charge in [-0.25, -0.2) is 0 Å². The van der Waals surface area contributed by atoms with E-state index in [0.29, 0.717) is 8.55 Å². The molecule has 13 heavy (non-hydrogen) atoms.